The van der Waals surface area contributed by atoms with Crippen LogP contribution >= 0.6 is 11.3 Å². The van der Waals surface area contributed by atoms with E-state index in [2.05, 4.69) is 4.98 Å². The van der Waals surface area contributed by atoms with Crippen molar-refractivity contribution in [2.24, 2.45) is 0 Å². The Labute approximate surface area is 179 Å². The van der Waals surface area contributed by atoms with E-state index in [1.165, 1.54) is 30.3 Å². The summed E-state index contributed by atoms with van der Waals surface area (Å²) in [7, 11) is -4.25. The van der Waals surface area contributed by atoms with Gasteiger partial charge in [0.2, 0.25) is 0 Å². The molecule has 2 aromatic carbocycles. The topological polar surface area (TPSA) is 93.6 Å². The molecule has 164 valence electrons. The third-order valence-electron chi connectivity index (χ3n) is 5.31. The second kappa shape index (κ2) is 7.57. The molecule has 1 N–H and O–H groups in total. The van der Waals surface area contributed by atoms with Crippen LogP contribution in [0.3, 0.4) is 0 Å². The van der Waals surface area contributed by atoms with Crippen LogP contribution in [0.25, 0.3) is 20.8 Å². The van der Waals surface area contributed by atoms with Gasteiger partial charge in [-0.3, -0.25) is 4.79 Å². The molecular weight excluding hydrogens is 455 g/mol. The van der Waals surface area contributed by atoms with Crippen LogP contribution in [0.5, 0.6) is 0 Å². The molecule has 11 heteroatoms. The summed E-state index contributed by atoms with van der Waals surface area (Å²) in [6.45, 7) is 0.0437. The van der Waals surface area contributed by atoms with Crippen molar-refractivity contribution in [3.05, 3.63) is 48.0 Å². The summed E-state index contributed by atoms with van der Waals surface area (Å²) in [6.07, 6.45) is -4.83. The molecule has 1 saturated heterocycles. The van der Waals surface area contributed by atoms with E-state index in [1.54, 1.807) is 0 Å². The number of nitrogens with zero attached hydrogens (tertiary/aromatic N) is 1. The molecule has 1 fully saturated rings. The fourth-order valence-corrected chi connectivity index (χ4v) is 6.53. The highest BCUT2D eigenvalue weighted by Crippen LogP contribution is 2.39. The van der Waals surface area contributed by atoms with Gasteiger partial charge in [0.15, 0.2) is 14.6 Å². The third-order valence-corrected chi connectivity index (χ3v) is 8.87. The van der Waals surface area contributed by atoms with Gasteiger partial charge < -0.3 is 9.84 Å². The number of aliphatic carboxylic acids is 1. The first-order valence-electron chi connectivity index (χ1n) is 9.19. The molecule has 31 heavy (non-hydrogen) atoms. The summed E-state index contributed by atoms with van der Waals surface area (Å²) >= 11 is 1.04. The minimum atomic E-state index is -4.50. The van der Waals surface area contributed by atoms with E-state index in [1.807, 2.05) is 0 Å². The van der Waals surface area contributed by atoms with Gasteiger partial charge >= 0.3 is 12.1 Å². The molecule has 0 aliphatic carbocycles. The van der Waals surface area contributed by atoms with Crippen LogP contribution < -0.4 is 0 Å². The number of aromatic nitrogens is 1. The largest absolute Gasteiger partial charge is 0.480 e. The van der Waals surface area contributed by atoms with Crippen molar-refractivity contribution < 1.29 is 36.2 Å². The Morgan fingerprint density at radius 2 is 1.84 bits per heavy atom. The summed E-state index contributed by atoms with van der Waals surface area (Å²) in [5.74, 6) is -1.43. The van der Waals surface area contributed by atoms with Crippen molar-refractivity contribution in [2.75, 3.05) is 13.2 Å². The highest BCUT2D eigenvalue weighted by Gasteiger charge is 2.52. The van der Waals surface area contributed by atoms with Gasteiger partial charge in [0.1, 0.15) is 5.01 Å². The van der Waals surface area contributed by atoms with Crippen molar-refractivity contribution in [1.82, 2.24) is 4.98 Å². The second-order valence-corrected chi connectivity index (χ2v) is 10.4. The van der Waals surface area contributed by atoms with Gasteiger partial charge in [-0.15, -0.1) is 11.3 Å². The zero-order valence-corrected chi connectivity index (χ0v) is 17.5. The molecule has 1 aliphatic heterocycles. The zero-order valence-electron chi connectivity index (χ0n) is 15.8. The first-order chi connectivity index (χ1) is 14.5. The molecule has 1 aromatic heterocycles. The quantitative estimate of drug-likeness (QED) is 0.607. The number of sulfone groups is 1. The molecule has 6 nitrogen and oxygen atoms in total. The number of ether oxygens (including phenoxy) is 1. The maximum Gasteiger partial charge on any atom is 0.416 e. The maximum atomic E-state index is 13.2. The average Bonchev–Trinajstić information content (AvgIpc) is 3.17. The second-order valence-electron chi connectivity index (χ2n) is 7.14. The molecule has 1 aliphatic rings. The zero-order chi connectivity index (χ0) is 22.4. The maximum absolute atomic E-state index is 13.2. The van der Waals surface area contributed by atoms with Crippen LogP contribution in [0.15, 0.2) is 47.4 Å². The minimum absolute atomic E-state index is 0.0219. The van der Waals surface area contributed by atoms with Gasteiger partial charge in [0.25, 0.3) is 0 Å². The molecule has 0 spiro atoms. The van der Waals surface area contributed by atoms with Crippen molar-refractivity contribution in [3.63, 3.8) is 0 Å². The number of rotatable bonds is 4. The normalized spacial score (nSPS) is 17.0. The fraction of sp³-hybridized carbons (Fsp3) is 0.300. The number of hydrogen-bond acceptors (Lipinski definition) is 6. The predicted octanol–water partition coefficient (Wildman–Crippen LogP) is 4.39. The Morgan fingerprint density at radius 1 is 1.13 bits per heavy atom. The number of carboxylic acids is 1. The lowest BCUT2D eigenvalue weighted by atomic mass is 9.99. The Morgan fingerprint density at radius 3 is 2.48 bits per heavy atom. The van der Waals surface area contributed by atoms with E-state index >= 15 is 0 Å². The summed E-state index contributed by atoms with van der Waals surface area (Å²) in [6, 6.07) is 8.77. The van der Waals surface area contributed by atoms with E-state index < -0.39 is 32.3 Å². The number of carbonyl (C=O) groups is 1. The van der Waals surface area contributed by atoms with Crippen LogP contribution in [0.1, 0.15) is 18.4 Å². The van der Waals surface area contributed by atoms with E-state index in [0.717, 1.165) is 23.5 Å². The fourth-order valence-electron chi connectivity index (χ4n) is 3.55. The predicted molar refractivity (Wildman–Crippen MR) is 108 cm³/mol. The van der Waals surface area contributed by atoms with Gasteiger partial charge in [0.05, 0.1) is 20.7 Å². The SMILES string of the molecule is O=C(O)C1(S(=O)(=O)c2ccc3nc(-c4cccc(C(F)(F)F)c4)sc3c2)CCOCC1. The molecule has 4 rings (SSSR count). The van der Waals surface area contributed by atoms with Gasteiger partial charge in [-0.25, -0.2) is 13.4 Å². The van der Waals surface area contributed by atoms with Crippen molar-refractivity contribution in [3.8, 4) is 10.6 Å². The summed E-state index contributed by atoms with van der Waals surface area (Å²) < 4.78 is 69.1. The molecule has 0 bridgehead atoms. The van der Waals surface area contributed by atoms with Crippen molar-refractivity contribution in [2.45, 2.75) is 28.7 Å². The molecule has 3 aromatic rings. The van der Waals surface area contributed by atoms with E-state index in [9.17, 15) is 31.5 Å². The Bertz CT molecular complexity index is 1260. The Balaban J connectivity index is 1.77. The van der Waals surface area contributed by atoms with Crippen LogP contribution in [0.2, 0.25) is 0 Å². The lowest BCUT2D eigenvalue weighted by Crippen LogP contribution is -2.50. The summed E-state index contributed by atoms with van der Waals surface area (Å²) in [5, 5.41) is 10.0. The van der Waals surface area contributed by atoms with Crippen LogP contribution in [-0.2, 0) is 25.5 Å². The molecule has 0 saturated carbocycles. The Hall–Kier alpha value is -2.50. The standard InChI is InChI=1S/C20H16F3NO5S2/c21-20(22,23)13-3-1-2-12(10-13)17-24-15-5-4-14(11-16(15)30-17)31(27,28)19(18(25)26)6-8-29-9-7-19/h1-5,10-11H,6-9H2,(H,25,26). The number of hydrogen-bond donors (Lipinski definition) is 1. The summed E-state index contributed by atoms with van der Waals surface area (Å²) in [5.41, 5.74) is -0.143. The lowest BCUT2D eigenvalue weighted by molar-refractivity contribution is -0.142. The first kappa shape index (κ1) is 21.7. The van der Waals surface area contributed by atoms with Crippen LogP contribution in [0, 0.1) is 0 Å². The number of thiazole rings is 1. The molecule has 0 radical (unpaired) electrons. The van der Waals surface area contributed by atoms with Crippen molar-refractivity contribution in [1.29, 1.82) is 0 Å². The number of carboxylic acid groups (broad SMARTS) is 1. The molecule has 2 heterocycles. The number of halogens is 3. The van der Waals surface area contributed by atoms with E-state index in [4.69, 9.17) is 4.74 Å². The van der Waals surface area contributed by atoms with Crippen LogP contribution in [-0.4, -0.2) is 42.4 Å². The number of fused-ring (bicyclic) bond motifs is 1. The molecule has 0 atom stereocenters. The first-order valence-corrected chi connectivity index (χ1v) is 11.5. The van der Waals surface area contributed by atoms with Gasteiger partial charge in [-0.2, -0.15) is 13.2 Å². The van der Waals surface area contributed by atoms with Crippen molar-refractivity contribution >= 4 is 37.4 Å². The highest BCUT2D eigenvalue weighted by molar-refractivity contribution is 7.93. The third kappa shape index (κ3) is 3.70. The molecule has 0 unspecified atom stereocenters. The minimum Gasteiger partial charge on any atom is -0.480 e. The average molecular weight is 471 g/mol. The molecular formula is C20H16F3NO5S2. The highest BCUT2D eigenvalue weighted by atomic mass is 32.2. The Kier molecular flexibility index (Phi) is 5.31. The van der Waals surface area contributed by atoms with Gasteiger partial charge in [-0.1, -0.05) is 12.1 Å². The van der Waals surface area contributed by atoms with Gasteiger partial charge in [0, 0.05) is 31.6 Å². The smallest absolute Gasteiger partial charge is 0.416 e. The van der Waals surface area contributed by atoms with Crippen LogP contribution in [0.4, 0.5) is 13.2 Å². The van der Waals surface area contributed by atoms with E-state index in [-0.39, 0.29) is 36.5 Å². The lowest BCUT2D eigenvalue weighted by Gasteiger charge is -2.32. The molecule has 0 amide bonds. The van der Waals surface area contributed by atoms with Gasteiger partial charge in [-0.05, 0) is 30.3 Å². The number of alkyl halides is 3. The summed E-state index contributed by atoms with van der Waals surface area (Å²) in [4.78, 5) is 16.1. The monoisotopic (exact) mass is 471 g/mol. The van der Waals surface area contributed by atoms with E-state index in [0.29, 0.717) is 15.2 Å². The number of benzene rings is 2.